The van der Waals surface area contributed by atoms with E-state index in [1.54, 1.807) is 0 Å². The average molecular weight is 278 g/mol. The highest BCUT2D eigenvalue weighted by Crippen LogP contribution is 2.17. The van der Waals surface area contributed by atoms with Gasteiger partial charge in [-0.2, -0.15) is 0 Å². The molecule has 0 aromatic rings. The smallest absolute Gasteiger partial charge is 0.170 e. The molecular weight excluding hydrogens is 248 g/mol. The van der Waals surface area contributed by atoms with Crippen LogP contribution in [0, 0.1) is 0 Å². The normalized spacial score (nSPS) is 11.9. The van der Waals surface area contributed by atoms with Crippen molar-refractivity contribution in [3.8, 4) is 0 Å². The van der Waals surface area contributed by atoms with Gasteiger partial charge in [-0.25, -0.2) is 0 Å². The molecule has 0 fully saturated rings. The Bertz CT molecular complexity index is 273. The molecule has 0 rings (SSSR count). The second kappa shape index (κ2) is 9.70. The van der Waals surface area contributed by atoms with Gasteiger partial charge < -0.3 is 4.74 Å². The third-order valence-electron chi connectivity index (χ3n) is 2.54. The highest BCUT2D eigenvalue weighted by atomic mass is 16.5. The Morgan fingerprint density at radius 2 is 1.10 bits per heavy atom. The predicted molar refractivity (Wildman–Crippen MR) is 88.6 cm³/mol. The van der Waals surface area contributed by atoms with Crippen molar-refractivity contribution in [2.24, 2.45) is 0 Å². The van der Waals surface area contributed by atoms with E-state index >= 15 is 0 Å². The molecule has 0 saturated heterocycles. The number of rotatable bonds is 11. The van der Waals surface area contributed by atoms with Crippen LogP contribution in [0.25, 0.3) is 0 Å². The van der Waals surface area contributed by atoms with E-state index in [1.165, 1.54) is 0 Å². The predicted octanol–water partition coefficient (Wildman–Crippen LogP) is 3.43. The van der Waals surface area contributed by atoms with Crippen molar-refractivity contribution in [3.05, 3.63) is 50.6 Å². The van der Waals surface area contributed by atoms with Crippen molar-refractivity contribution in [2.45, 2.75) is 32.7 Å². The second-order valence-corrected chi connectivity index (χ2v) is 5.62. The van der Waals surface area contributed by atoms with Gasteiger partial charge in [0.2, 0.25) is 0 Å². The molecule has 3 nitrogen and oxygen atoms in total. The van der Waals surface area contributed by atoms with Gasteiger partial charge in [-0.05, 0) is 20.8 Å². The van der Waals surface area contributed by atoms with Gasteiger partial charge in [0.05, 0.1) is 5.60 Å². The van der Waals surface area contributed by atoms with Crippen molar-refractivity contribution >= 4 is 0 Å². The summed E-state index contributed by atoms with van der Waals surface area (Å²) in [5.41, 5.74) is -0.244. The lowest BCUT2D eigenvalue weighted by molar-refractivity contribution is -0.194. The molecule has 0 heterocycles. The minimum absolute atomic E-state index is 0.165. The van der Waals surface area contributed by atoms with Gasteiger partial charge in [-0.3, -0.25) is 9.80 Å². The third-order valence-corrected chi connectivity index (χ3v) is 2.54. The van der Waals surface area contributed by atoms with Crippen molar-refractivity contribution < 1.29 is 4.74 Å². The van der Waals surface area contributed by atoms with Gasteiger partial charge in [0.15, 0.2) is 6.35 Å². The Morgan fingerprint density at radius 3 is 1.30 bits per heavy atom. The molecule has 20 heavy (non-hydrogen) atoms. The zero-order valence-corrected chi connectivity index (χ0v) is 13.3. The number of nitrogens with zero attached hydrogens (tertiary/aromatic N) is 2. The largest absolute Gasteiger partial charge is 0.344 e. The fourth-order valence-corrected chi connectivity index (χ4v) is 1.87. The molecule has 0 spiro atoms. The van der Waals surface area contributed by atoms with Crippen LogP contribution in [0.5, 0.6) is 0 Å². The molecule has 114 valence electrons. The lowest BCUT2D eigenvalue weighted by atomic mass is 10.2. The maximum Gasteiger partial charge on any atom is 0.170 e. The molecule has 0 aliphatic heterocycles. The maximum atomic E-state index is 6.23. The van der Waals surface area contributed by atoms with Crippen LogP contribution in [0.3, 0.4) is 0 Å². The molecule has 0 aliphatic rings. The lowest BCUT2D eigenvalue weighted by Crippen LogP contribution is -2.53. The fourth-order valence-electron chi connectivity index (χ4n) is 1.87. The highest BCUT2D eigenvalue weighted by Gasteiger charge is 2.28. The van der Waals surface area contributed by atoms with Crippen LogP contribution >= 0.6 is 0 Å². The summed E-state index contributed by atoms with van der Waals surface area (Å²) in [5.74, 6) is 0. The fraction of sp³-hybridized carbons (Fsp3) is 0.529. The monoisotopic (exact) mass is 278 g/mol. The molecule has 0 N–H and O–H groups in total. The molecule has 0 bridgehead atoms. The van der Waals surface area contributed by atoms with Gasteiger partial charge in [-0.1, -0.05) is 24.3 Å². The molecule has 0 unspecified atom stereocenters. The molecule has 0 aromatic heterocycles. The summed E-state index contributed by atoms with van der Waals surface area (Å²) in [6, 6.07) is 0. The second-order valence-electron chi connectivity index (χ2n) is 5.62. The number of ether oxygens (including phenoxy) is 1. The first-order valence-corrected chi connectivity index (χ1v) is 6.99. The average Bonchev–Trinajstić information content (AvgIpc) is 2.34. The molecule has 0 saturated carbocycles. The standard InChI is InChI=1S/C17H30N2O/c1-8-12-18(13-9-2)16(20-17(5,6)7)19(14-10-3)15-11-4/h8-11,16H,1-4,12-15H2,5-7H3. The van der Waals surface area contributed by atoms with Gasteiger partial charge in [-0.15, -0.1) is 26.3 Å². The molecule has 0 aromatic carbocycles. The van der Waals surface area contributed by atoms with E-state index in [-0.39, 0.29) is 12.0 Å². The highest BCUT2D eigenvalue weighted by molar-refractivity contribution is 4.87. The summed E-state index contributed by atoms with van der Waals surface area (Å²) in [6.07, 6.45) is 7.35. The summed E-state index contributed by atoms with van der Waals surface area (Å²) >= 11 is 0. The van der Waals surface area contributed by atoms with E-state index in [9.17, 15) is 0 Å². The van der Waals surface area contributed by atoms with Gasteiger partial charge in [0.1, 0.15) is 0 Å². The van der Waals surface area contributed by atoms with E-state index in [0.29, 0.717) is 0 Å². The topological polar surface area (TPSA) is 15.7 Å². The lowest BCUT2D eigenvalue weighted by Gasteiger charge is -2.41. The van der Waals surface area contributed by atoms with Gasteiger partial charge in [0.25, 0.3) is 0 Å². The van der Waals surface area contributed by atoms with Crippen LogP contribution in [-0.2, 0) is 4.74 Å². The molecular formula is C17H30N2O. The Kier molecular flexibility index (Phi) is 9.14. The molecule has 0 amide bonds. The first-order valence-electron chi connectivity index (χ1n) is 6.99. The molecule has 0 radical (unpaired) electrons. The molecule has 0 aliphatic carbocycles. The van der Waals surface area contributed by atoms with Crippen LogP contribution in [0.1, 0.15) is 20.8 Å². The Morgan fingerprint density at radius 1 is 0.800 bits per heavy atom. The van der Waals surface area contributed by atoms with Crippen molar-refractivity contribution in [2.75, 3.05) is 26.2 Å². The SMILES string of the molecule is C=CCN(CC=C)C(OC(C)(C)C)N(CC=C)CC=C. The summed E-state index contributed by atoms with van der Waals surface area (Å²) < 4.78 is 6.23. The van der Waals surface area contributed by atoms with Crippen LogP contribution in [0.4, 0.5) is 0 Å². The number of hydrogen-bond acceptors (Lipinski definition) is 3. The maximum absolute atomic E-state index is 6.23. The summed E-state index contributed by atoms with van der Waals surface area (Å²) in [6.45, 7) is 24.4. The number of hydrogen-bond donors (Lipinski definition) is 0. The van der Waals surface area contributed by atoms with E-state index in [0.717, 1.165) is 26.2 Å². The van der Waals surface area contributed by atoms with Crippen LogP contribution in [0.15, 0.2) is 50.6 Å². The first-order chi connectivity index (χ1) is 9.39. The summed E-state index contributed by atoms with van der Waals surface area (Å²) in [4.78, 5) is 4.36. The summed E-state index contributed by atoms with van der Waals surface area (Å²) in [7, 11) is 0. The van der Waals surface area contributed by atoms with E-state index in [1.807, 2.05) is 24.3 Å². The van der Waals surface area contributed by atoms with Crippen molar-refractivity contribution in [1.29, 1.82) is 0 Å². The van der Waals surface area contributed by atoms with Crippen LogP contribution in [-0.4, -0.2) is 47.9 Å². The van der Waals surface area contributed by atoms with E-state index in [2.05, 4.69) is 56.9 Å². The first kappa shape index (κ1) is 18.8. The Balaban J connectivity index is 5.25. The minimum atomic E-state index is -0.244. The quantitative estimate of drug-likeness (QED) is 0.425. The van der Waals surface area contributed by atoms with Crippen molar-refractivity contribution in [3.63, 3.8) is 0 Å². The Labute approximate surface area is 124 Å². The zero-order chi connectivity index (χ0) is 15.6. The van der Waals surface area contributed by atoms with Gasteiger partial charge in [0, 0.05) is 26.2 Å². The minimum Gasteiger partial charge on any atom is -0.344 e. The summed E-state index contributed by atoms with van der Waals surface area (Å²) in [5, 5.41) is 0. The molecule has 0 atom stereocenters. The van der Waals surface area contributed by atoms with Crippen LogP contribution < -0.4 is 0 Å². The third kappa shape index (κ3) is 7.43. The molecule has 3 heteroatoms. The van der Waals surface area contributed by atoms with Gasteiger partial charge >= 0.3 is 0 Å². The zero-order valence-electron chi connectivity index (χ0n) is 13.3. The van der Waals surface area contributed by atoms with E-state index < -0.39 is 0 Å². The Hall–Kier alpha value is -1.16. The van der Waals surface area contributed by atoms with E-state index in [4.69, 9.17) is 4.74 Å². The van der Waals surface area contributed by atoms with Crippen molar-refractivity contribution in [1.82, 2.24) is 9.80 Å². The van der Waals surface area contributed by atoms with Crippen LogP contribution in [0.2, 0.25) is 0 Å².